The van der Waals surface area contributed by atoms with Crippen molar-refractivity contribution >= 4 is 23.7 Å². The summed E-state index contributed by atoms with van der Waals surface area (Å²) < 4.78 is 28.1. The van der Waals surface area contributed by atoms with Crippen molar-refractivity contribution in [3.63, 3.8) is 0 Å². The van der Waals surface area contributed by atoms with Gasteiger partial charge in [0, 0.05) is 32.6 Å². The zero-order valence-corrected chi connectivity index (χ0v) is 21.6. The molecule has 10 nitrogen and oxygen atoms in total. The number of benzene rings is 1. The molecule has 1 aliphatic rings. The van der Waals surface area contributed by atoms with Gasteiger partial charge in [-0.15, -0.1) is 0 Å². The second-order valence-corrected chi connectivity index (χ2v) is 9.29. The number of carbonyl (C=O) groups is 4. The Hall–Kier alpha value is -2.98. The van der Waals surface area contributed by atoms with Gasteiger partial charge < -0.3 is 33.6 Å². The maximum absolute atomic E-state index is 13.1. The van der Waals surface area contributed by atoms with Gasteiger partial charge in [-0.1, -0.05) is 26.0 Å². The molecule has 200 valence electrons. The molecule has 0 aliphatic carbocycles. The van der Waals surface area contributed by atoms with E-state index in [9.17, 15) is 24.3 Å². The number of aliphatic hydroxyl groups is 1. The van der Waals surface area contributed by atoms with Crippen molar-refractivity contribution in [3.8, 4) is 5.75 Å². The van der Waals surface area contributed by atoms with Gasteiger partial charge in [-0.05, 0) is 36.5 Å². The minimum atomic E-state index is -1.84. The van der Waals surface area contributed by atoms with E-state index in [-0.39, 0.29) is 43.7 Å². The number of hydrogen-bond donors (Lipinski definition) is 1. The van der Waals surface area contributed by atoms with E-state index < -0.39 is 41.8 Å². The van der Waals surface area contributed by atoms with Gasteiger partial charge in [0.15, 0.2) is 0 Å². The Kier molecular flexibility index (Phi) is 10.4. The summed E-state index contributed by atoms with van der Waals surface area (Å²) in [6.07, 6.45) is -1.42. The van der Waals surface area contributed by atoms with E-state index in [1.54, 1.807) is 31.2 Å². The number of aliphatic hydroxyl groups excluding tert-OH is 1. The summed E-state index contributed by atoms with van der Waals surface area (Å²) in [7, 11) is 1.22. The van der Waals surface area contributed by atoms with Crippen molar-refractivity contribution in [2.45, 2.75) is 72.1 Å². The van der Waals surface area contributed by atoms with Crippen LogP contribution < -0.4 is 4.74 Å². The third-order valence-electron chi connectivity index (χ3n) is 6.35. The number of ketones is 1. The standard InChI is InChI=1S/C26H36O10/c1-15-12-26(25(31)32-6,35-21-9-7-20(13-27)8-10-21)36-24(22(15)11-16(2)28)17(3)23(34-19(5)30)14-33-18(4)29/h7-10,15,17,22-24,27H,11-14H2,1-6H3/t15-,17+,22+,23+,24-,26+/m0/s1. The zero-order chi connectivity index (χ0) is 27.0. The van der Waals surface area contributed by atoms with E-state index >= 15 is 0 Å². The molecular weight excluding hydrogens is 472 g/mol. The minimum absolute atomic E-state index is 0.0669. The molecular formula is C26H36O10. The lowest BCUT2D eigenvalue weighted by Gasteiger charge is -2.48. The number of hydrogen-bond acceptors (Lipinski definition) is 10. The molecule has 2 rings (SSSR count). The van der Waals surface area contributed by atoms with Crippen LogP contribution in [0.4, 0.5) is 0 Å². The molecule has 1 heterocycles. The topological polar surface area (TPSA) is 135 Å². The van der Waals surface area contributed by atoms with Crippen LogP contribution in [0.15, 0.2) is 24.3 Å². The Labute approximate surface area is 211 Å². The van der Waals surface area contributed by atoms with Crippen molar-refractivity contribution in [3.05, 3.63) is 29.8 Å². The minimum Gasteiger partial charge on any atom is -0.464 e. The van der Waals surface area contributed by atoms with E-state index in [4.69, 9.17) is 23.7 Å². The average molecular weight is 509 g/mol. The average Bonchev–Trinajstić information content (AvgIpc) is 2.82. The number of methoxy groups -OCH3 is 1. The lowest BCUT2D eigenvalue weighted by molar-refractivity contribution is -0.279. The summed E-state index contributed by atoms with van der Waals surface area (Å²) in [4.78, 5) is 48.5. The van der Waals surface area contributed by atoms with E-state index in [0.29, 0.717) is 11.3 Å². The monoisotopic (exact) mass is 508 g/mol. The number of Topliss-reactive ketones (excluding diaryl/α,β-unsaturated/α-hetero) is 1. The Morgan fingerprint density at radius 1 is 1.11 bits per heavy atom. The highest BCUT2D eigenvalue weighted by Gasteiger charge is 2.55. The summed E-state index contributed by atoms with van der Waals surface area (Å²) in [6, 6.07) is 6.52. The molecule has 1 aromatic rings. The van der Waals surface area contributed by atoms with Crippen LogP contribution in [0.25, 0.3) is 0 Å². The first-order chi connectivity index (χ1) is 16.9. The fraction of sp³-hybridized carbons (Fsp3) is 0.615. The summed E-state index contributed by atoms with van der Waals surface area (Å²) in [5.74, 6) is -4.65. The summed E-state index contributed by atoms with van der Waals surface area (Å²) >= 11 is 0. The maximum atomic E-state index is 13.1. The fourth-order valence-electron chi connectivity index (χ4n) is 4.57. The second kappa shape index (κ2) is 12.8. The Balaban J connectivity index is 2.49. The van der Waals surface area contributed by atoms with Gasteiger partial charge in [0.1, 0.15) is 24.2 Å². The highest BCUT2D eigenvalue weighted by molar-refractivity contribution is 5.79. The van der Waals surface area contributed by atoms with Gasteiger partial charge in [0.25, 0.3) is 0 Å². The predicted octanol–water partition coefficient (Wildman–Crippen LogP) is 2.58. The summed E-state index contributed by atoms with van der Waals surface area (Å²) in [6.45, 7) is 7.21. The molecule has 0 saturated carbocycles. The van der Waals surface area contributed by atoms with Crippen molar-refractivity contribution in [1.29, 1.82) is 0 Å². The highest BCUT2D eigenvalue weighted by Crippen LogP contribution is 2.44. The molecule has 10 heteroatoms. The van der Waals surface area contributed by atoms with E-state index in [0.717, 1.165) is 0 Å². The van der Waals surface area contributed by atoms with Gasteiger partial charge in [-0.2, -0.15) is 0 Å². The molecule has 0 spiro atoms. The first-order valence-electron chi connectivity index (χ1n) is 11.9. The Morgan fingerprint density at radius 3 is 2.25 bits per heavy atom. The molecule has 1 aliphatic heterocycles. The molecule has 0 amide bonds. The van der Waals surface area contributed by atoms with E-state index in [1.807, 2.05) is 6.92 Å². The van der Waals surface area contributed by atoms with Crippen molar-refractivity contribution < 1.29 is 48.0 Å². The molecule has 0 unspecified atom stereocenters. The van der Waals surface area contributed by atoms with Crippen molar-refractivity contribution in [2.24, 2.45) is 17.8 Å². The molecule has 1 aromatic carbocycles. The molecule has 0 bridgehead atoms. The SMILES string of the molecule is COC(=O)[C@@]1(Oc2ccc(CO)cc2)C[C@H](C)[C@@H](CC(C)=O)[C@H]([C@H](C)[C@@H](COC(C)=O)OC(C)=O)O1. The van der Waals surface area contributed by atoms with Crippen LogP contribution in [0.5, 0.6) is 5.75 Å². The van der Waals surface area contributed by atoms with Crippen LogP contribution in [-0.4, -0.2) is 60.5 Å². The van der Waals surface area contributed by atoms with Crippen LogP contribution >= 0.6 is 0 Å². The number of ether oxygens (including phenoxy) is 5. The molecule has 1 N–H and O–H groups in total. The van der Waals surface area contributed by atoms with Crippen LogP contribution in [0, 0.1) is 17.8 Å². The van der Waals surface area contributed by atoms with Gasteiger partial charge in [-0.25, -0.2) is 4.79 Å². The fourth-order valence-corrected chi connectivity index (χ4v) is 4.57. The lowest BCUT2D eigenvalue weighted by atomic mass is 9.73. The van der Waals surface area contributed by atoms with E-state index in [1.165, 1.54) is 27.9 Å². The van der Waals surface area contributed by atoms with Crippen LogP contribution in [0.2, 0.25) is 0 Å². The number of carbonyl (C=O) groups excluding carboxylic acids is 4. The normalized spacial score (nSPS) is 25.2. The van der Waals surface area contributed by atoms with Gasteiger partial charge in [-0.3, -0.25) is 9.59 Å². The largest absolute Gasteiger partial charge is 0.464 e. The van der Waals surface area contributed by atoms with Crippen LogP contribution in [-0.2, 0) is 44.7 Å². The molecule has 0 aromatic heterocycles. The van der Waals surface area contributed by atoms with E-state index in [2.05, 4.69) is 0 Å². The first kappa shape index (κ1) is 29.3. The Bertz CT molecular complexity index is 927. The molecule has 6 atom stereocenters. The smallest absolute Gasteiger partial charge is 0.379 e. The highest BCUT2D eigenvalue weighted by atomic mass is 16.7. The molecule has 1 fully saturated rings. The van der Waals surface area contributed by atoms with Crippen LogP contribution in [0.1, 0.15) is 53.0 Å². The van der Waals surface area contributed by atoms with Crippen molar-refractivity contribution in [2.75, 3.05) is 13.7 Å². The number of rotatable bonds is 11. The first-order valence-corrected chi connectivity index (χ1v) is 11.9. The Morgan fingerprint density at radius 2 is 1.75 bits per heavy atom. The summed E-state index contributed by atoms with van der Waals surface area (Å²) in [5, 5.41) is 9.32. The maximum Gasteiger partial charge on any atom is 0.379 e. The van der Waals surface area contributed by atoms with Gasteiger partial charge >= 0.3 is 23.7 Å². The third kappa shape index (κ3) is 7.51. The molecule has 36 heavy (non-hydrogen) atoms. The van der Waals surface area contributed by atoms with Crippen LogP contribution in [0.3, 0.4) is 0 Å². The third-order valence-corrected chi connectivity index (χ3v) is 6.35. The lowest BCUT2D eigenvalue weighted by Crippen LogP contribution is -2.60. The second-order valence-electron chi connectivity index (χ2n) is 9.29. The van der Waals surface area contributed by atoms with Gasteiger partial charge in [0.2, 0.25) is 0 Å². The van der Waals surface area contributed by atoms with Crippen molar-refractivity contribution in [1.82, 2.24) is 0 Å². The number of esters is 3. The summed E-state index contributed by atoms with van der Waals surface area (Å²) in [5.41, 5.74) is 0.662. The zero-order valence-electron chi connectivity index (χ0n) is 21.6. The molecule has 0 radical (unpaired) electrons. The predicted molar refractivity (Wildman–Crippen MR) is 127 cm³/mol. The van der Waals surface area contributed by atoms with Gasteiger partial charge in [0.05, 0.1) is 19.8 Å². The molecule has 1 saturated heterocycles. The quantitative estimate of drug-likeness (QED) is 0.351.